The van der Waals surface area contributed by atoms with Gasteiger partial charge in [-0.25, -0.2) is 0 Å². The van der Waals surface area contributed by atoms with Gasteiger partial charge in [-0.2, -0.15) is 0 Å². The van der Waals surface area contributed by atoms with Gasteiger partial charge in [0.25, 0.3) is 5.91 Å². The molecule has 0 unspecified atom stereocenters. The zero-order valence-electron chi connectivity index (χ0n) is 17.9. The van der Waals surface area contributed by atoms with E-state index in [1.807, 2.05) is 61.5 Å². The molecule has 1 aliphatic rings. The Bertz CT molecular complexity index is 1140. The average molecular weight is 428 g/mol. The molecule has 2 N–H and O–H groups in total. The van der Waals surface area contributed by atoms with E-state index in [9.17, 15) is 14.4 Å². The van der Waals surface area contributed by atoms with Crippen LogP contribution < -0.4 is 15.5 Å². The minimum absolute atomic E-state index is 0.0756. The third-order valence-electron chi connectivity index (χ3n) is 5.63. The number of hydrogen-bond donors (Lipinski definition) is 2. The highest BCUT2D eigenvalue weighted by Gasteiger charge is 2.35. The van der Waals surface area contributed by atoms with Crippen molar-refractivity contribution in [2.45, 2.75) is 19.9 Å². The molecule has 6 nitrogen and oxygen atoms in total. The fourth-order valence-electron chi connectivity index (χ4n) is 3.88. The molecule has 1 atom stereocenters. The second-order valence-corrected chi connectivity index (χ2v) is 7.89. The molecule has 162 valence electrons. The average Bonchev–Trinajstić information content (AvgIpc) is 3.20. The van der Waals surface area contributed by atoms with Gasteiger partial charge in [-0.3, -0.25) is 14.4 Å². The molecule has 1 heterocycles. The van der Waals surface area contributed by atoms with Gasteiger partial charge in [-0.1, -0.05) is 60.7 Å². The molecule has 4 rings (SSSR count). The molecule has 3 aromatic rings. The lowest BCUT2D eigenvalue weighted by molar-refractivity contribution is -0.122. The maximum Gasteiger partial charge on any atom is 0.253 e. The van der Waals surface area contributed by atoms with Gasteiger partial charge < -0.3 is 15.5 Å². The molecule has 0 spiro atoms. The van der Waals surface area contributed by atoms with Crippen molar-refractivity contribution in [2.24, 2.45) is 5.92 Å². The largest absolute Gasteiger partial charge is 0.348 e. The highest BCUT2D eigenvalue weighted by Crippen LogP contribution is 2.28. The molecule has 0 radical (unpaired) electrons. The fraction of sp³-hybridized carbons (Fsp3) is 0.192. The second kappa shape index (κ2) is 9.47. The van der Waals surface area contributed by atoms with Crippen LogP contribution in [0.2, 0.25) is 0 Å². The highest BCUT2D eigenvalue weighted by molar-refractivity contribution is 6.07. The molecule has 0 saturated carbocycles. The van der Waals surface area contributed by atoms with E-state index in [1.54, 1.807) is 29.2 Å². The van der Waals surface area contributed by atoms with Gasteiger partial charge in [-0.15, -0.1) is 0 Å². The number of nitrogens with zero attached hydrogens (tertiary/aromatic N) is 1. The molecule has 3 amide bonds. The summed E-state index contributed by atoms with van der Waals surface area (Å²) in [6, 6.07) is 24.2. The summed E-state index contributed by atoms with van der Waals surface area (Å²) in [6.45, 7) is 2.66. The third-order valence-corrected chi connectivity index (χ3v) is 5.63. The standard InChI is InChI=1S/C26H25N3O3/c1-18-9-5-8-14-23(18)29-17-20(15-24(29)30)25(31)28-22-13-7-6-12-21(22)26(32)27-16-19-10-3-2-4-11-19/h2-14,20H,15-17H2,1H3,(H,27,32)(H,28,31)/t20-/m0/s1. The number of amides is 3. The second-order valence-electron chi connectivity index (χ2n) is 7.89. The van der Waals surface area contributed by atoms with Crippen LogP contribution in [-0.4, -0.2) is 24.3 Å². The Kier molecular flexibility index (Phi) is 6.31. The Labute approximate surface area is 187 Å². The van der Waals surface area contributed by atoms with Crippen LogP contribution in [0.3, 0.4) is 0 Å². The highest BCUT2D eigenvalue weighted by atomic mass is 16.2. The monoisotopic (exact) mass is 427 g/mol. The molecule has 32 heavy (non-hydrogen) atoms. The van der Waals surface area contributed by atoms with Crippen molar-refractivity contribution in [1.82, 2.24) is 5.32 Å². The van der Waals surface area contributed by atoms with Gasteiger partial charge in [-0.05, 0) is 36.2 Å². The molecular formula is C26H25N3O3. The molecule has 3 aromatic carbocycles. The van der Waals surface area contributed by atoms with Crippen molar-refractivity contribution in [3.63, 3.8) is 0 Å². The number of para-hydroxylation sites is 2. The van der Waals surface area contributed by atoms with Crippen LogP contribution >= 0.6 is 0 Å². The summed E-state index contributed by atoms with van der Waals surface area (Å²) in [4.78, 5) is 39.9. The zero-order valence-corrected chi connectivity index (χ0v) is 17.9. The molecule has 6 heteroatoms. The SMILES string of the molecule is Cc1ccccc1N1C[C@@H](C(=O)Nc2ccccc2C(=O)NCc2ccccc2)CC1=O. The zero-order chi connectivity index (χ0) is 22.5. The molecule has 1 saturated heterocycles. The first-order valence-corrected chi connectivity index (χ1v) is 10.6. The van der Waals surface area contributed by atoms with E-state index in [-0.39, 0.29) is 24.1 Å². The number of aryl methyl sites for hydroxylation is 1. The van der Waals surface area contributed by atoms with E-state index in [0.29, 0.717) is 24.3 Å². The van der Waals surface area contributed by atoms with Crippen LogP contribution in [0.5, 0.6) is 0 Å². The van der Waals surface area contributed by atoms with Crippen molar-refractivity contribution in [3.8, 4) is 0 Å². The maximum atomic E-state index is 13.0. The number of benzene rings is 3. The van der Waals surface area contributed by atoms with Crippen molar-refractivity contribution < 1.29 is 14.4 Å². The van der Waals surface area contributed by atoms with E-state index >= 15 is 0 Å². The van der Waals surface area contributed by atoms with Crippen LogP contribution in [0.1, 0.15) is 27.9 Å². The quantitative estimate of drug-likeness (QED) is 0.626. The Balaban J connectivity index is 1.43. The molecule has 0 bridgehead atoms. The first kappa shape index (κ1) is 21.3. The summed E-state index contributed by atoms with van der Waals surface area (Å²) in [6.07, 6.45) is 0.141. The number of hydrogen-bond acceptors (Lipinski definition) is 3. The smallest absolute Gasteiger partial charge is 0.253 e. The van der Waals surface area contributed by atoms with E-state index in [1.165, 1.54) is 0 Å². The molecular weight excluding hydrogens is 402 g/mol. The van der Waals surface area contributed by atoms with Crippen LogP contribution in [0.4, 0.5) is 11.4 Å². The minimum Gasteiger partial charge on any atom is -0.348 e. The number of carbonyl (C=O) groups excluding carboxylic acids is 3. The minimum atomic E-state index is -0.484. The summed E-state index contributed by atoms with van der Waals surface area (Å²) in [5.41, 5.74) is 3.63. The normalized spacial score (nSPS) is 15.5. The summed E-state index contributed by atoms with van der Waals surface area (Å²) in [5.74, 6) is -1.09. The van der Waals surface area contributed by atoms with Crippen LogP contribution in [0, 0.1) is 12.8 Å². The van der Waals surface area contributed by atoms with Crippen molar-refractivity contribution in [3.05, 3.63) is 95.6 Å². The van der Waals surface area contributed by atoms with Crippen molar-refractivity contribution in [2.75, 3.05) is 16.8 Å². The summed E-state index contributed by atoms with van der Waals surface area (Å²) >= 11 is 0. The number of anilines is 2. The van der Waals surface area contributed by atoms with E-state index in [2.05, 4.69) is 10.6 Å². The lowest BCUT2D eigenvalue weighted by atomic mass is 10.1. The van der Waals surface area contributed by atoms with E-state index in [4.69, 9.17) is 0 Å². The first-order valence-electron chi connectivity index (χ1n) is 10.6. The van der Waals surface area contributed by atoms with Gasteiger partial charge in [0.2, 0.25) is 11.8 Å². The van der Waals surface area contributed by atoms with Crippen molar-refractivity contribution in [1.29, 1.82) is 0 Å². The van der Waals surface area contributed by atoms with Gasteiger partial charge in [0.1, 0.15) is 0 Å². The Morgan fingerprint density at radius 2 is 1.62 bits per heavy atom. The first-order chi connectivity index (χ1) is 15.5. The Morgan fingerprint density at radius 3 is 2.41 bits per heavy atom. The van der Waals surface area contributed by atoms with Crippen LogP contribution in [-0.2, 0) is 16.1 Å². The topological polar surface area (TPSA) is 78.5 Å². The van der Waals surface area contributed by atoms with E-state index in [0.717, 1.165) is 16.8 Å². The fourth-order valence-corrected chi connectivity index (χ4v) is 3.88. The molecule has 1 fully saturated rings. The Morgan fingerprint density at radius 1 is 0.938 bits per heavy atom. The van der Waals surface area contributed by atoms with Crippen LogP contribution in [0.15, 0.2) is 78.9 Å². The summed E-state index contributed by atoms with van der Waals surface area (Å²) in [5, 5.41) is 5.75. The lowest BCUT2D eigenvalue weighted by Crippen LogP contribution is -2.29. The van der Waals surface area contributed by atoms with Crippen LogP contribution in [0.25, 0.3) is 0 Å². The maximum absolute atomic E-state index is 13.0. The number of nitrogens with one attached hydrogen (secondary N) is 2. The predicted molar refractivity (Wildman–Crippen MR) is 124 cm³/mol. The van der Waals surface area contributed by atoms with Gasteiger partial charge in [0.15, 0.2) is 0 Å². The Hall–Kier alpha value is -3.93. The van der Waals surface area contributed by atoms with Gasteiger partial charge >= 0.3 is 0 Å². The van der Waals surface area contributed by atoms with Crippen molar-refractivity contribution >= 4 is 29.1 Å². The van der Waals surface area contributed by atoms with E-state index < -0.39 is 5.92 Å². The summed E-state index contributed by atoms with van der Waals surface area (Å²) in [7, 11) is 0. The lowest BCUT2D eigenvalue weighted by Gasteiger charge is -2.19. The predicted octanol–water partition coefficient (Wildman–Crippen LogP) is 3.92. The number of carbonyl (C=O) groups is 3. The van der Waals surface area contributed by atoms with Gasteiger partial charge in [0.05, 0.1) is 17.2 Å². The molecule has 0 aliphatic carbocycles. The number of rotatable bonds is 6. The molecule has 0 aromatic heterocycles. The molecule has 1 aliphatic heterocycles. The summed E-state index contributed by atoms with van der Waals surface area (Å²) < 4.78 is 0. The van der Waals surface area contributed by atoms with Gasteiger partial charge in [0, 0.05) is 25.2 Å². The third kappa shape index (κ3) is 4.70.